The van der Waals surface area contributed by atoms with Gasteiger partial charge >= 0.3 is 0 Å². The standard InChI is InChI=1S/C17H15BrCl2N4O2S/c1-9(2)24-16(12-6-7-13(18)26-12)22-23-17(24)27-8-14(25)21-11-5-3-4-10(19)15(11)20/h3-7,9H,8H2,1-2H3,(H,21,25). The minimum Gasteiger partial charge on any atom is -0.446 e. The number of nitrogens with zero attached hydrogens (tertiary/aromatic N) is 3. The molecule has 2 aromatic heterocycles. The lowest BCUT2D eigenvalue weighted by Gasteiger charge is -2.12. The average Bonchev–Trinajstić information content (AvgIpc) is 3.23. The third-order valence-corrected chi connectivity index (χ3v) is 5.72. The topological polar surface area (TPSA) is 73.0 Å². The van der Waals surface area contributed by atoms with Crippen molar-refractivity contribution in [3.05, 3.63) is 45.0 Å². The van der Waals surface area contributed by atoms with Gasteiger partial charge in [0.1, 0.15) is 0 Å². The van der Waals surface area contributed by atoms with Gasteiger partial charge in [0.25, 0.3) is 0 Å². The first-order valence-corrected chi connectivity index (χ1v) is 10.5. The predicted octanol–water partition coefficient (Wildman–Crippen LogP) is 5.92. The fourth-order valence-corrected chi connectivity index (χ4v) is 3.88. The number of hydrogen-bond donors (Lipinski definition) is 1. The molecular formula is C17H15BrCl2N4O2S. The Kier molecular flexibility index (Phi) is 6.52. The summed E-state index contributed by atoms with van der Waals surface area (Å²) in [5, 5.41) is 12.5. The zero-order chi connectivity index (χ0) is 19.6. The molecule has 0 saturated heterocycles. The SMILES string of the molecule is CC(C)n1c(SCC(=O)Nc2cccc(Cl)c2Cl)nnc1-c1ccc(Br)o1. The fourth-order valence-electron chi connectivity index (χ4n) is 2.36. The highest BCUT2D eigenvalue weighted by atomic mass is 79.9. The van der Waals surface area contributed by atoms with Gasteiger partial charge in [-0.05, 0) is 54.0 Å². The second-order valence-corrected chi connectivity index (χ2v) is 8.32. The molecule has 1 amide bonds. The van der Waals surface area contributed by atoms with E-state index in [4.69, 9.17) is 27.6 Å². The van der Waals surface area contributed by atoms with Gasteiger partial charge in [-0.1, -0.05) is 41.0 Å². The molecule has 0 radical (unpaired) electrons. The predicted molar refractivity (Wildman–Crippen MR) is 112 cm³/mol. The lowest BCUT2D eigenvalue weighted by Crippen LogP contribution is -2.15. The minimum atomic E-state index is -0.218. The van der Waals surface area contributed by atoms with Crippen molar-refractivity contribution in [1.82, 2.24) is 14.8 Å². The Labute approximate surface area is 178 Å². The van der Waals surface area contributed by atoms with Crippen LogP contribution in [0.1, 0.15) is 19.9 Å². The molecule has 0 aliphatic rings. The Balaban J connectivity index is 1.73. The summed E-state index contributed by atoms with van der Waals surface area (Å²) in [6.45, 7) is 4.03. The highest BCUT2D eigenvalue weighted by Crippen LogP contribution is 2.31. The van der Waals surface area contributed by atoms with Crippen LogP contribution in [0.4, 0.5) is 5.69 Å². The number of rotatable bonds is 6. The number of halogens is 3. The number of benzene rings is 1. The van der Waals surface area contributed by atoms with E-state index < -0.39 is 0 Å². The van der Waals surface area contributed by atoms with E-state index in [0.717, 1.165) is 0 Å². The van der Waals surface area contributed by atoms with Crippen molar-refractivity contribution in [1.29, 1.82) is 0 Å². The fraction of sp³-hybridized carbons (Fsp3) is 0.235. The number of thioether (sulfide) groups is 1. The molecule has 0 spiro atoms. The Morgan fingerprint density at radius 3 is 2.74 bits per heavy atom. The maximum atomic E-state index is 12.3. The molecule has 6 nitrogen and oxygen atoms in total. The maximum absolute atomic E-state index is 12.3. The van der Waals surface area contributed by atoms with Crippen molar-refractivity contribution in [2.24, 2.45) is 0 Å². The highest BCUT2D eigenvalue weighted by molar-refractivity contribution is 9.10. The third-order valence-electron chi connectivity index (χ3n) is 3.53. The second kappa shape index (κ2) is 8.68. The van der Waals surface area contributed by atoms with Crippen molar-refractivity contribution in [3.8, 4) is 11.6 Å². The largest absolute Gasteiger partial charge is 0.446 e. The Hall–Kier alpha value is -1.48. The van der Waals surface area contributed by atoms with Crippen LogP contribution in [0.15, 0.2) is 44.6 Å². The number of carbonyl (C=O) groups is 1. The van der Waals surface area contributed by atoms with Gasteiger partial charge in [0, 0.05) is 6.04 Å². The molecule has 0 aliphatic carbocycles. The second-order valence-electron chi connectivity index (χ2n) is 5.81. The highest BCUT2D eigenvalue weighted by Gasteiger charge is 2.20. The minimum absolute atomic E-state index is 0.0896. The molecule has 1 aromatic carbocycles. The third kappa shape index (κ3) is 4.68. The summed E-state index contributed by atoms with van der Waals surface area (Å²) in [5.74, 6) is 1.14. The van der Waals surface area contributed by atoms with Crippen LogP contribution in [-0.2, 0) is 4.79 Å². The quantitative estimate of drug-likeness (QED) is 0.435. The molecule has 0 atom stereocenters. The van der Waals surface area contributed by atoms with E-state index in [0.29, 0.717) is 37.1 Å². The molecule has 2 heterocycles. The summed E-state index contributed by atoms with van der Waals surface area (Å²) < 4.78 is 8.12. The summed E-state index contributed by atoms with van der Waals surface area (Å²) >= 11 is 16.6. The van der Waals surface area contributed by atoms with Crippen LogP contribution in [0.25, 0.3) is 11.6 Å². The van der Waals surface area contributed by atoms with Gasteiger partial charge in [-0.2, -0.15) is 0 Å². The van der Waals surface area contributed by atoms with Crippen molar-refractivity contribution in [2.75, 3.05) is 11.1 Å². The number of furan rings is 1. The van der Waals surface area contributed by atoms with Gasteiger partial charge in [0.15, 0.2) is 15.6 Å². The Morgan fingerprint density at radius 1 is 1.30 bits per heavy atom. The van der Waals surface area contributed by atoms with E-state index >= 15 is 0 Å². The van der Waals surface area contributed by atoms with Crippen LogP contribution in [0, 0.1) is 0 Å². The summed E-state index contributed by atoms with van der Waals surface area (Å²) in [7, 11) is 0. The number of carbonyl (C=O) groups excluding carboxylic acids is 1. The van der Waals surface area contributed by atoms with E-state index in [9.17, 15) is 4.79 Å². The first-order chi connectivity index (χ1) is 12.9. The zero-order valence-electron chi connectivity index (χ0n) is 14.4. The smallest absolute Gasteiger partial charge is 0.234 e. The van der Waals surface area contributed by atoms with E-state index in [-0.39, 0.29) is 17.7 Å². The first kappa shape index (κ1) is 20.3. The maximum Gasteiger partial charge on any atom is 0.234 e. The van der Waals surface area contributed by atoms with Gasteiger partial charge in [-0.15, -0.1) is 10.2 Å². The lowest BCUT2D eigenvalue weighted by molar-refractivity contribution is -0.113. The Bertz CT molecular complexity index is 974. The zero-order valence-corrected chi connectivity index (χ0v) is 18.3. The van der Waals surface area contributed by atoms with E-state index in [2.05, 4.69) is 31.4 Å². The summed E-state index contributed by atoms with van der Waals surface area (Å²) in [6, 6.07) is 8.78. The number of amides is 1. The molecule has 10 heteroatoms. The van der Waals surface area contributed by atoms with E-state index in [1.165, 1.54) is 11.8 Å². The van der Waals surface area contributed by atoms with Gasteiger partial charge in [-0.25, -0.2) is 0 Å². The van der Waals surface area contributed by atoms with Crippen LogP contribution in [-0.4, -0.2) is 26.4 Å². The summed E-state index contributed by atoms with van der Waals surface area (Å²) in [6.07, 6.45) is 0. The summed E-state index contributed by atoms with van der Waals surface area (Å²) in [4.78, 5) is 12.3. The molecule has 0 bridgehead atoms. The molecule has 142 valence electrons. The first-order valence-electron chi connectivity index (χ1n) is 7.94. The van der Waals surface area contributed by atoms with Crippen LogP contribution in [0.2, 0.25) is 10.0 Å². The van der Waals surface area contributed by atoms with Gasteiger partial charge < -0.3 is 9.73 Å². The van der Waals surface area contributed by atoms with Crippen molar-refractivity contribution >= 4 is 62.5 Å². The van der Waals surface area contributed by atoms with Crippen molar-refractivity contribution in [3.63, 3.8) is 0 Å². The van der Waals surface area contributed by atoms with Gasteiger partial charge in [0.05, 0.1) is 21.5 Å². The number of nitrogens with one attached hydrogen (secondary N) is 1. The number of anilines is 1. The monoisotopic (exact) mass is 488 g/mol. The van der Waals surface area contributed by atoms with Crippen LogP contribution in [0.3, 0.4) is 0 Å². The Morgan fingerprint density at radius 2 is 2.07 bits per heavy atom. The van der Waals surface area contributed by atoms with Gasteiger partial charge in [-0.3, -0.25) is 9.36 Å². The normalized spacial score (nSPS) is 11.2. The number of hydrogen-bond acceptors (Lipinski definition) is 5. The molecule has 0 saturated carbocycles. The van der Waals surface area contributed by atoms with Crippen molar-refractivity contribution < 1.29 is 9.21 Å². The average molecular weight is 490 g/mol. The molecule has 1 N–H and O–H groups in total. The van der Waals surface area contributed by atoms with Crippen LogP contribution >= 0.6 is 50.9 Å². The molecule has 27 heavy (non-hydrogen) atoms. The molecule has 3 rings (SSSR count). The molecule has 3 aromatic rings. The summed E-state index contributed by atoms with van der Waals surface area (Å²) in [5.41, 5.74) is 0.473. The van der Waals surface area contributed by atoms with Crippen molar-refractivity contribution in [2.45, 2.75) is 25.0 Å². The van der Waals surface area contributed by atoms with Crippen LogP contribution < -0.4 is 5.32 Å². The van der Waals surface area contributed by atoms with Gasteiger partial charge in [0.2, 0.25) is 11.7 Å². The molecule has 0 fully saturated rings. The number of aromatic nitrogens is 3. The molecule has 0 aliphatic heterocycles. The van der Waals surface area contributed by atoms with Crippen LogP contribution in [0.5, 0.6) is 0 Å². The van der Waals surface area contributed by atoms with E-state index in [1.807, 2.05) is 24.5 Å². The van der Waals surface area contributed by atoms with E-state index in [1.54, 1.807) is 24.3 Å². The molecular weight excluding hydrogens is 475 g/mol. The lowest BCUT2D eigenvalue weighted by atomic mass is 10.3. The molecule has 0 unspecified atom stereocenters.